The van der Waals surface area contributed by atoms with Crippen molar-refractivity contribution in [1.82, 2.24) is 10.6 Å². The first-order chi connectivity index (χ1) is 12.2. The number of benzene rings is 2. The van der Waals surface area contributed by atoms with Crippen LogP contribution in [0.3, 0.4) is 0 Å². The van der Waals surface area contributed by atoms with Crippen LogP contribution in [0.15, 0.2) is 54.6 Å². The van der Waals surface area contributed by atoms with Crippen molar-refractivity contribution < 1.29 is 14.3 Å². The lowest BCUT2D eigenvalue weighted by Crippen LogP contribution is -2.40. The van der Waals surface area contributed by atoms with Crippen molar-refractivity contribution in [2.75, 3.05) is 13.7 Å². The Balaban J connectivity index is 1.64. The maximum Gasteiger partial charge on any atom is 0.309 e. The van der Waals surface area contributed by atoms with Crippen LogP contribution in [0.1, 0.15) is 24.0 Å². The van der Waals surface area contributed by atoms with Gasteiger partial charge in [-0.05, 0) is 30.9 Å². The van der Waals surface area contributed by atoms with Gasteiger partial charge >= 0.3 is 11.8 Å². The van der Waals surface area contributed by atoms with E-state index in [9.17, 15) is 9.59 Å². The Morgan fingerprint density at radius 1 is 0.880 bits per heavy atom. The summed E-state index contributed by atoms with van der Waals surface area (Å²) in [7, 11) is 1.57. The van der Waals surface area contributed by atoms with Gasteiger partial charge in [0.15, 0.2) is 0 Å². The molecule has 0 radical (unpaired) electrons. The van der Waals surface area contributed by atoms with E-state index in [0.29, 0.717) is 12.3 Å². The van der Waals surface area contributed by atoms with Gasteiger partial charge in [0.05, 0.1) is 7.11 Å². The third-order valence-electron chi connectivity index (χ3n) is 3.86. The molecule has 0 spiro atoms. The zero-order valence-electron chi connectivity index (χ0n) is 14.5. The number of hydrogen-bond acceptors (Lipinski definition) is 3. The van der Waals surface area contributed by atoms with Crippen molar-refractivity contribution in [3.63, 3.8) is 0 Å². The molecule has 0 aliphatic rings. The average molecular weight is 340 g/mol. The highest BCUT2D eigenvalue weighted by atomic mass is 16.5. The van der Waals surface area contributed by atoms with E-state index >= 15 is 0 Å². The van der Waals surface area contributed by atoms with E-state index in [1.165, 1.54) is 5.56 Å². The van der Waals surface area contributed by atoms with Crippen LogP contribution < -0.4 is 15.4 Å². The fourth-order valence-corrected chi connectivity index (χ4v) is 2.49. The maximum atomic E-state index is 11.8. The summed E-state index contributed by atoms with van der Waals surface area (Å²) in [6.07, 6.45) is 2.77. The molecule has 0 saturated heterocycles. The smallest absolute Gasteiger partial charge is 0.309 e. The molecule has 0 saturated carbocycles. The average Bonchev–Trinajstić information content (AvgIpc) is 2.66. The maximum absolute atomic E-state index is 11.8. The third kappa shape index (κ3) is 6.30. The zero-order valence-corrected chi connectivity index (χ0v) is 14.5. The molecular weight excluding hydrogens is 316 g/mol. The first-order valence-corrected chi connectivity index (χ1v) is 8.42. The molecule has 0 heterocycles. The highest BCUT2D eigenvalue weighted by molar-refractivity contribution is 6.35. The summed E-state index contributed by atoms with van der Waals surface area (Å²) in [6, 6.07) is 17.6. The summed E-state index contributed by atoms with van der Waals surface area (Å²) in [5.74, 6) is -0.548. The minimum atomic E-state index is -0.631. The number of nitrogens with one attached hydrogen (secondary N) is 2. The van der Waals surface area contributed by atoms with Crippen LogP contribution in [-0.4, -0.2) is 25.5 Å². The Labute approximate surface area is 148 Å². The molecule has 2 amide bonds. The fourth-order valence-electron chi connectivity index (χ4n) is 2.49. The predicted molar refractivity (Wildman–Crippen MR) is 97.2 cm³/mol. The van der Waals surface area contributed by atoms with Crippen molar-refractivity contribution in [2.45, 2.75) is 25.8 Å². The molecule has 5 heteroatoms. The number of rotatable bonds is 8. The molecule has 25 heavy (non-hydrogen) atoms. The molecule has 5 nitrogen and oxygen atoms in total. The van der Waals surface area contributed by atoms with Gasteiger partial charge in [-0.25, -0.2) is 0 Å². The van der Waals surface area contributed by atoms with Crippen LogP contribution in [0.5, 0.6) is 5.75 Å². The van der Waals surface area contributed by atoms with E-state index in [-0.39, 0.29) is 6.54 Å². The van der Waals surface area contributed by atoms with Gasteiger partial charge < -0.3 is 15.4 Å². The quantitative estimate of drug-likeness (QED) is 0.573. The molecule has 0 aromatic heterocycles. The largest absolute Gasteiger partial charge is 0.496 e. The van der Waals surface area contributed by atoms with Crippen LogP contribution in [0.4, 0.5) is 0 Å². The lowest BCUT2D eigenvalue weighted by Gasteiger charge is -2.09. The van der Waals surface area contributed by atoms with Gasteiger partial charge in [-0.2, -0.15) is 0 Å². The second-order valence-corrected chi connectivity index (χ2v) is 5.69. The number of unbranched alkanes of at least 4 members (excludes halogenated alkanes) is 1. The van der Waals surface area contributed by atoms with Crippen molar-refractivity contribution in [3.8, 4) is 5.75 Å². The summed E-state index contributed by atoms with van der Waals surface area (Å²) in [5, 5.41) is 5.26. The van der Waals surface area contributed by atoms with Crippen LogP contribution in [0, 0.1) is 0 Å². The molecule has 2 aromatic carbocycles. The van der Waals surface area contributed by atoms with Gasteiger partial charge in [-0.15, -0.1) is 0 Å². The van der Waals surface area contributed by atoms with Crippen molar-refractivity contribution in [1.29, 1.82) is 0 Å². The van der Waals surface area contributed by atoms with Gasteiger partial charge in [-0.3, -0.25) is 9.59 Å². The topological polar surface area (TPSA) is 67.4 Å². The SMILES string of the molecule is COc1ccccc1CNC(=O)C(=O)NCCCCc1ccccc1. The Kier molecular flexibility index (Phi) is 7.50. The minimum Gasteiger partial charge on any atom is -0.496 e. The number of aryl methyl sites for hydroxylation is 1. The lowest BCUT2D eigenvalue weighted by atomic mass is 10.1. The minimum absolute atomic E-state index is 0.254. The number of para-hydroxylation sites is 1. The van der Waals surface area contributed by atoms with Crippen LogP contribution in [0.25, 0.3) is 0 Å². The summed E-state index contributed by atoms with van der Waals surface area (Å²) in [4.78, 5) is 23.6. The number of carbonyl (C=O) groups excluding carboxylic acids is 2. The predicted octanol–water partition coefficient (Wildman–Crippen LogP) is 2.45. The Bertz CT molecular complexity index is 686. The van der Waals surface area contributed by atoms with E-state index < -0.39 is 11.8 Å². The summed E-state index contributed by atoms with van der Waals surface area (Å²) in [6.45, 7) is 0.748. The summed E-state index contributed by atoms with van der Waals surface area (Å²) < 4.78 is 5.21. The van der Waals surface area contributed by atoms with Gasteiger partial charge in [-0.1, -0.05) is 48.5 Å². The van der Waals surface area contributed by atoms with E-state index in [4.69, 9.17) is 4.74 Å². The standard InChI is InChI=1S/C20H24N2O3/c1-25-18-13-6-5-12-17(18)15-22-20(24)19(23)21-14-8-7-11-16-9-3-2-4-10-16/h2-6,9-10,12-13H,7-8,11,14-15H2,1H3,(H,21,23)(H,22,24). The number of hydrogen-bond donors (Lipinski definition) is 2. The molecule has 2 rings (SSSR count). The van der Waals surface area contributed by atoms with Crippen LogP contribution in [-0.2, 0) is 22.6 Å². The molecular formula is C20H24N2O3. The molecule has 0 aliphatic heterocycles. The molecule has 2 N–H and O–H groups in total. The summed E-state index contributed by atoms with van der Waals surface area (Å²) in [5.41, 5.74) is 2.11. The third-order valence-corrected chi connectivity index (χ3v) is 3.86. The summed E-state index contributed by atoms with van der Waals surface area (Å²) >= 11 is 0. The molecule has 0 bridgehead atoms. The molecule has 132 valence electrons. The van der Waals surface area contributed by atoms with Crippen LogP contribution >= 0.6 is 0 Å². The number of ether oxygens (including phenoxy) is 1. The van der Waals surface area contributed by atoms with Gasteiger partial charge in [0.2, 0.25) is 0 Å². The first kappa shape index (κ1) is 18.5. The van der Waals surface area contributed by atoms with Crippen LogP contribution in [0.2, 0.25) is 0 Å². The highest BCUT2D eigenvalue weighted by Gasteiger charge is 2.13. The van der Waals surface area contributed by atoms with E-state index in [2.05, 4.69) is 22.8 Å². The Hall–Kier alpha value is -2.82. The highest BCUT2D eigenvalue weighted by Crippen LogP contribution is 2.16. The number of amides is 2. The molecule has 0 unspecified atom stereocenters. The molecule has 0 aliphatic carbocycles. The number of methoxy groups -OCH3 is 1. The van der Waals surface area contributed by atoms with E-state index in [1.54, 1.807) is 7.11 Å². The first-order valence-electron chi connectivity index (χ1n) is 8.42. The number of carbonyl (C=O) groups is 2. The molecule has 2 aromatic rings. The van der Waals surface area contributed by atoms with Gasteiger partial charge in [0.25, 0.3) is 0 Å². The monoisotopic (exact) mass is 340 g/mol. The fraction of sp³-hybridized carbons (Fsp3) is 0.300. The van der Waals surface area contributed by atoms with E-state index in [1.807, 2.05) is 42.5 Å². The Morgan fingerprint density at radius 2 is 1.56 bits per heavy atom. The molecule has 0 fully saturated rings. The second kappa shape index (κ2) is 10.1. The van der Waals surface area contributed by atoms with Gasteiger partial charge in [0.1, 0.15) is 5.75 Å². The second-order valence-electron chi connectivity index (χ2n) is 5.69. The Morgan fingerprint density at radius 3 is 2.32 bits per heavy atom. The van der Waals surface area contributed by atoms with E-state index in [0.717, 1.165) is 24.8 Å². The van der Waals surface area contributed by atoms with Gasteiger partial charge in [0, 0.05) is 18.7 Å². The molecule has 0 atom stereocenters. The van der Waals surface area contributed by atoms with Crippen molar-refractivity contribution >= 4 is 11.8 Å². The van der Waals surface area contributed by atoms with Crippen molar-refractivity contribution in [2.24, 2.45) is 0 Å². The lowest BCUT2D eigenvalue weighted by molar-refractivity contribution is -0.139. The van der Waals surface area contributed by atoms with Crippen molar-refractivity contribution in [3.05, 3.63) is 65.7 Å². The zero-order chi connectivity index (χ0) is 17.9. The normalized spacial score (nSPS) is 10.1.